The summed E-state index contributed by atoms with van der Waals surface area (Å²) in [6.07, 6.45) is 1.27. The summed E-state index contributed by atoms with van der Waals surface area (Å²) in [5, 5.41) is 0. The molecule has 0 amide bonds. The molecule has 0 saturated carbocycles. The van der Waals surface area contributed by atoms with E-state index in [0.717, 1.165) is 5.92 Å². The Kier molecular flexibility index (Phi) is 2.45. The van der Waals surface area contributed by atoms with Gasteiger partial charge >= 0.3 is 0 Å². The lowest BCUT2D eigenvalue weighted by Gasteiger charge is -2.41. The molecule has 0 bridgehead atoms. The molecule has 1 unspecified atom stereocenters. The van der Waals surface area contributed by atoms with Crippen LogP contribution in [-0.2, 0) is 11.8 Å². The maximum atomic E-state index is 2.44. The Balaban J connectivity index is 2.37. The van der Waals surface area contributed by atoms with E-state index < -0.39 is 0 Å². The van der Waals surface area contributed by atoms with Crippen molar-refractivity contribution in [2.45, 2.75) is 59.3 Å². The van der Waals surface area contributed by atoms with Gasteiger partial charge in [0.1, 0.15) is 0 Å². The highest BCUT2D eigenvalue weighted by molar-refractivity contribution is 5.45. The minimum Gasteiger partial charge on any atom is -0.0596 e. The monoisotopic (exact) mass is 216 g/mol. The molecule has 88 valence electrons. The third kappa shape index (κ3) is 1.90. The van der Waals surface area contributed by atoms with Crippen LogP contribution in [0.4, 0.5) is 0 Å². The van der Waals surface area contributed by atoms with E-state index in [1.807, 2.05) is 0 Å². The molecule has 0 N–H and O–H groups in total. The first-order chi connectivity index (χ1) is 7.19. The Morgan fingerprint density at radius 2 is 1.62 bits per heavy atom. The molecule has 0 aliphatic heterocycles. The first-order valence-electron chi connectivity index (χ1n) is 6.33. The zero-order valence-electron chi connectivity index (χ0n) is 11.5. The van der Waals surface area contributed by atoms with Gasteiger partial charge in [-0.2, -0.15) is 0 Å². The van der Waals surface area contributed by atoms with Crippen molar-refractivity contribution < 1.29 is 0 Å². The van der Waals surface area contributed by atoms with E-state index in [2.05, 4.69) is 59.7 Å². The fourth-order valence-electron chi connectivity index (χ4n) is 2.54. The van der Waals surface area contributed by atoms with E-state index in [1.54, 1.807) is 11.1 Å². The molecule has 1 atom stereocenters. The van der Waals surface area contributed by atoms with Crippen LogP contribution in [0.5, 0.6) is 0 Å². The molecule has 0 heteroatoms. The summed E-state index contributed by atoms with van der Waals surface area (Å²) in [4.78, 5) is 0. The molecule has 0 radical (unpaired) electrons. The second-order valence-corrected chi connectivity index (χ2v) is 7.29. The van der Waals surface area contributed by atoms with Crippen LogP contribution in [0.25, 0.3) is 0 Å². The maximum Gasteiger partial charge on any atom is -0.00699 e. The van der Waals surface area contributed by atoms with Crippen LogP contribution in [0.15, 0.2) is 18.2 Å². The third-order valence-electron chi connectivity index (χ3n) is 3.86. The SMILES string of the molecule is CC(C)(C)c1ccc2c(c1)C(C(C)(C)C)C2. The predicted octanol–water partition coefficient (Wildman–Crippen LogP) is 4.67. The highest BCUT2D eigenvalue weighted by Crippen LogP contribution is 2.47. The average Bonchev–Trinajstić information content (AvgIpc) is 2.02. The molecule has 1 aliphatic rings. The topological polar surface area (TPSA) is 0 Å². The third-order valence-corrected chi connectivity index (χ3v) is 3.86. The van der Waals surface area contributed by atoms with Gasteiger partial charge < -0.3 is 0 Å². The number of hydrogen-bond donors (Lipinski definition) is 0. The number of rotatable bonds is 0. The van der Waals surface area contributed by atoms with Crippen LogP contribution in [0.3, 0.4) is 0 Å². The van der Waals surface area contributed by atoms with Gasteiger partial charge in [-0.25, -0.2) is 0 Å². The summed E-state index contributed by atoms with van der Waals surface area (Å²) < 4.78 is 0. The van der Waals surface area contributed by atoms with E-state index in [9.17, 15) is 0 Å². The van der Waals surface area contributed by atoms with Gasteiger partial charge in [-0.05, 0) is 39.9 Å². The minimum atomic E-state index is 0.271. The van der Waals surface area contributed by atoms with E-state index in [4.69, 9.17) is 0 Å². The smallest absolute Gasteiger partial charge is 0.00699 e. The Morgan fingerprint density at radius 1 is 1.00 bits per heavy atom. The largest absolute Gasteiger partial charge is 0.0596 e. The fourth-order valence-corrected chi connectivity index (χ4v) is 2.54. The molecule has 0 saturated heterocycles. The van der Waals surface area contributed by atoms with Crippen molar-refractivity contribution in [3.8, 4) is 0 Å². The lowest BCUT2D eigenvalue weighted by molar-refractivity contribution is 0.291. The van der Waals surface area contributed by atoms with Crippen molar-refractivity contribution in [1.82, 2.24) is 0 Å². The highest BCUT2D eigenvalue weighted by Gasteiger charge is 2.35. The molecule has 16 heavy (non-hydrogen) atoms. The molecule has 0 nitrogen and oxygen atoms in total. The molecular weight excluding hydrogens is 192 g/mol. The summed E-state index contributed by atoms with van der Waals surface area (Å²) in [6.45, 7) is 13.9. The Labute approximate surface area is 100 Å². The predicted molar refractivity (Wildman–Crippen MR) is 71.0 cm³/mol. The van der Waals surface area contributed by atoms with Crippen molar-refractivity contribution in [3.05, 3.63) is 34.9 Å². The Morgan fingerprint density at radius 3 is 2.12 bits per heavy atom. The number of hydrogen-bond acceptors (Lipinski definition) is 0. The van der Waals surface area contributed by atoms with Crippen molar-refractivity contribution in [3.63, 3.8) is 0 Å². The summed E-state index contributed by atoms with van der Waals surface area (Å²) in [7, 11) is 0. The molecule has 0 fully saturated rings. The van der Waals surface area contributed by atoms with E-state index in [-0.39, 0.29) is 5.41 Å². The minimum absolute atomic E-state index is 0.271. The van der Waals surface area contributed by atoms with Crippen molar-refractivity contribution in [2.24, 2.45) is 5.41 Å². The van der Waals surface area contributed by atoms with Crippen LogP contribution in [0.1, 0.15) is 64.2 Å². The average molecular weight is 216 g/mol. The first-order valence-corrected chi connectivity index (χ1v) is 6.33. The van der Waals surface area contributed by atoms with Crippen LogP contribution < -0.4 is 0 Å². The fraction of sp³-hybridized carbons (Fsp3) is 0.625. The summed E-state index contributed by atoms with van der Waals surface area (Å²) in [5.74, 6) is 0.754. The van der Waals surface area contributed by atoms with Crippen molar-refractivity contribution in [1.29, 1.82) is 0 Å². The lowest BCUT2D eigenvalue weighted by atomic mass is 9.63. The summed E-state index contributed by atoms with van der Waals surface area (Å²) in [5.41, 5.74) is 5.31. The molecule has 0 aromatic heterocycles. The Bertz CT molecular complexity index is 399. The number of benzene rings is 1. The van der Waals surface area contributed by atoms with Crippen LogP contribution in [-0.4, -0.2) is 0 Å². The van der Waals surface area contributed by atoms with Gasteiger partial charge in [-0.1, -0.05) is 59.7 Å². The van der Waals surface area contributed by atoms with Crippen molar-refractivity contribution in [2.75, 3.05) is 0 Å². The van der Waals surface area contributed by atoms with Crippen LogP contribution in [0, 0.1) is 5.41 Å². The van der Waals surface area contributed by atoms with Gasteiger partial charge in [0.2, 0.25) is 0 Å². The summed E-state index contributed by atoms with van der Waals surface area (Å²) >= 11 is 0. The van der Waals surface area contributed by atoms with E-state index in [1.165, 1.54) is 12.0 Å². The molecule has 1 aromatic rings. The zero-order chi connectivity index (χ0) is 12.1. The molecule has 1 aliphatic carbocycles. The normalized spacial score (nSPS) is 20.2. The van der Waals surface area contributed by atoms with Gasteiger partial charge in [0.25, 0.3) is 0 Å². The Hall–Kier alpha value is -0.780. The number of fused-ring (bicyclic) bond motifs is 1. The van der Waals surface area contributed by atoms with Gasteiger partial charge in [0, 0.05) is 0 Å². The molecule has 1 aromatic carbocycles. The van der Waals surface area contributed by atoms with Crippen molar-refractivity contribution >= 4 is 0 Å². The second-order valence-electron chi connectivity index (χ2n) is 7.29. The lowest BCUT2D eigenvalue weighted by Crippen LogP contribution is -2.30. The maximum absolute atomic E-state index is 2.44. The van der Waals surface area contributed by atoms with Gasteiger partial charge in [0.05, 0.1) is 0 Å². The van der Waals surface area contributed by atoms with E-state index in [0.29, 0.717) is 5.41 Å². The first kappa shape index (κ1) is 11.7. The molecular formula is C16H24. The van der Waals surface area contributed by atoms with Gasteiger partial charge in [0.15, 0.2) is 0 Å². The standard InChI is InChI=1S/C16H24/c1-15(2,3)12-8-7-11-9-14(13(11)10-12)16(4,5)6/h7-8,10,14H,9H2,1-6H3. The van der Waals surface area contributed by atoms with E-state index >= 15 is 0 Å². The molecule has 2 rings (SSSR count). The molecule has 0 spiro atoms. The zero-order valence-corrected chi connectivity index (χ0v) is 11.5. The van der Waals surface area contributed by atoms with Gasteiger partial charge in [-0.3, -0.25) is 0 Å². The van der Waals surface area contributed by atoms with Gasteiger partial charge in [-0.15, -0.1) is 0 Å². The van der Waals surface area contributed by atoms with Crippen LogP contribution in [0.2, 0.25) is 0 Å². The van der Waals surface area contributed by atoms with Crippen LogP contribution >= 0.6 is 0 Å². The quantitative estimate of drug-likeness (QED) is 0.591. The molecule has 0 heterocycles. The summed E-state index contributed by atoms with van der Waals surface area (Å²) in [6, 6.07) is 7.07. The second kappa shape index (κ2) is 3.35. The highest BCUT2D eigenvalue weighted by atomic mass is 14.4.